The second kappa shape index (κ2) is 4.87. The van der Waals surface area contributed by atoms with E-state index in [1.807, 2.05) is 25.2 Å². The molecule has 0 amide bonds. The second-order valence-electron chi connectivity index (χ2n) is 5.33. The van der Waals surface area contributed by atoms with Crippen LogP contribution in [0.2, 0.25) is 0 Å². The van der Waals surface area contributed by atoms with Gasteiger partial charge in [0.05, 0.1) is 23.0 Å². The molecule has 0 fully saturated rings. The summed E-state index contributed by atoms with van der Waals surface area (Å²) in [5.74, 6) is 0. The molecule has 0 spiro atoms. The molecule has 0 aromatic heterocycles. The molecular formula is C14H20N4. The van der Waals surface area contributed by atoms with Crippen LogP contribution in [0.15, 0.2) is 18.2 Å². The zero-order chi connectivity index (χ0) is 13.2. The van der Waals surface area contributed by atoms with Crippen molar-refractivity contribution in [1.29, 1.82) is 5.26 Å². The van der Waals surface area contributed by atoms with E-state index in [2.05, 4.69) is 35.5 Å². The van der Waals surface area contributed by atoms with Gasteiger partial charge in [-0.3, -0.25) is 0 Å². The van der Waals surface area contributed by atoms with Gasteiger partial charge in [0.2, 0.25) is 0 Å². The van der Waals surface area contributed by atoms with Gasteiger partial charge in [0.1, 0.15) is 0 Å². The Hall–Kier alpha value is -1.73. The van der Waals surface area contributed by atoms with Crippen molar-refractivity contribution in [2.24, 2.45) is 0 Å². The molecule has 18 heavy (non-hydrogen) atoms. The number of nitrogens with zero attached hydrogens (tertiary/aromatic N) is 2. The molecule has 0 aliphatic carbocycles. The van der Waals surface area contributed by atoms with Crippen LogP contribution in [0.4, 0.5) is 11.4 Å². The van der Waals surface area contributed by atoms with Gasteiger partial charge in [0.25, 0.3) is 0 Å². The van der Waals surface area contributed by atoms with Crippen molar-refractivity contribution >= 4 is 11.4 Å². The normalized spacial score (nSPS) is 14.7. The van der Waals surface area contributed by atoms with E-state index in [-0.39, 0.29) is 5.54 Å². The maximum atomic E-state index is 8.93. The van der Waals surface area contributed by atoms with E-state index in [0.717, 1.165) is 25.3 Å². The first-order valence-electron chi connectivity index (χ1n) is 6.27. The number of fused-ring (bicyclic) bond motifs is 1. The van der Waals surface area contributed by atoms with Crippen LogP contribution in [0.25, 0.3) is 0 Å². The third-order valence-corrected chi connectivity index (χ3v) is 3.43. The Bertz CT molecular complexity index is 473. The highest BCUT2D eigenvalue weighted by Crippen LogP contribution is 2.30. The molecule has 0 radical (unpaired) electrons. The van der Waals surface area contributed by atoms with Crippen LogP contribution in [0, 0.1) is 11.3 Å². The van der Waals surface area contributed by atoms with Crippen LogP contribution in [0.1, 0.15) is 19.4 Å². The highest BCUT2D eigenvalue weighted by atomic mass is 15.2. The van der Waals surface area contributed by atoms with Gasteiger partial charge in [0.15, 0.2) is 0 Å². The summed E-state index contributed by atoms with van der Waals surface area (Å²) >= 11 is 0. The van der Waals surface area contributed by atoms with Crippen molar-refractivity contribution in [2.75, 3.05) is 36.9 Å². The first kappa shape index (κ1) is 12.7. The molecule has 1 heterocycles. The highest BCUT2D eigenvalue weighted by Gasteiger charge is 2.23. The third kappa shape index (κ3) is 2.57. The lowest BCUT2D eigenvalue weighted by atomic mass is 10.0. The summed E-state index contributed by atoms with van der Waals surface area (Å²) in [5.41, 5.74) is 3.02. The van der Waals surface area contributed by atoms with Crippen LogP contribution in [-0.2, 0) is 0 Å². The number of anilines is 2. The van der Waals surface area contributed by atoms with Crippen LogP contribution < -0.4 is 15.5 Å². The fraction of sp³-hybridized carbons (Fsp3) is 0.500. The molecule has 1 aliphatic heterocycles. The summed E-state index contributed by atoms with van der Waals surface area (Å²) in [7, 11) is 1.99. The van der Waals surface area contributed by atoms with E-state index in [4.69, 9.17) is 5.26 Å². The number of benzene rings is 1. The standard InChI is InChI=1S/C14H20N4/c1-14(2,16-3)10-18-7-6-17-12-8-11(9-15)4-5-13(12)18/h4-5,8,16-17H,6-7,10H2,1-3H3. The number of hydrogen-bond donors (Lipinski definition) is 2. The van der Waals surface area contributed by atoms with Gasteiger partial charge in [-0.05, 0) is 39.1 Å². The Morgan fingerprint density at radius 2 is 2.28 bits per heavy atom. The Morgan fingerprint density at radius 1 is 1.50 bits per heavy atom. The van der Waals surface area contributed by atoms with Gasteiger partial charge in [0, 0.05) is 25.2 Å². The van der Waals surface area contributed by atoms with Crippen LogP contribution in [0.5, 0.6) is 0 Å². The number of likely N-dealkylation sites (N-methyl/N-ethyl adjacent to an activating group) is 1. The van der Waals surface area contributed by atoms with E-state index in [9.17, 15) is 0 Å². The van der Waals surface area contributed by atoms with Gasteiger partial charge in [-0.15, -0.1) is 0 Å². The molecule has 2 rings (SSSR count). The Kier molecular flexibility index (Phi) is 3.44. The molecule has 1 aliphatic rings. The van der Waals surface area contributed by atoms with Crippen molar-refractivity contribution in [3.05, 3.63) is 23.8 Å². The SMILES string of the molecule is CNC(C)(C)CN1CCNc2cc(C#N)ccc21. The van der Waals surface area contributed by atoms with Gasteiger partial charge in [-0.25, -0.2) is 0 Å². The third-order valence-electron chi connectivity index (χ3n) is 3.43. The highest BCUT2D eigenvalue weighted by molar-refractivity contribution is 5.74. The van der Waals surface area contributed by atoms with E-state index in [0.29, 0.717) is 5.56 Å². The molecule has 2 N–H and O–H groups in total. The minimum atomic E-state index is 0.0719. The molecule has 4 nitrogen and oxygen atoms in total. The lowest BCUT2D eigenvalue weighted by Crippen LogP contribution is -2.49. The first-order chi connectivity index (χ1) is 8.55. The van der Waals surface area contributed by atoms with Gasteiger partial charge >= 0.3 is 0 Å². The molecule has 0 unspecified atom stereocenters. The Morgan fingerprint density at radius 3 is 2.94 bits per heavy atom. The fourth-order valence-corrected chi connectivity index (χ4v) is 2.19. The van der Waals surface area contributed by atoms with Crippen molar-refractivity contribution in [3.8, 4) is 6.07 Å². The van der Waals surface area contributed by atoms with E-state index in [1.54, 1.807) is 0 Å². The Balaban J connectivity index is 2.26. The van der Waals surface area contributed by atoms with Crippen LogP contribution >= 0.6 is 0 Å². The van der Waals surface area contributed by atoms with E-state index in [1.165, 1.54) is 5.69 Å². The van der Waals surface area contributed by atoms with Crippen LogP contribution in [0.3, 0.4) is 0 Å². The number of rotatable bonds is 3. The smallest absolute Gasteiger partial charge is 0.0992 e. The fourth-order valence-electron chi connectivity index (χ4n) is 2.19. The zero-order valence-electron chi connectivity index (χ0n) is 11.2. The molecular weight excluding hydrogens is 224 g/mol. The summed E-state index contributed by atoms with van der Waals surface area (Å²) in [6, 6.07) is 8.02. The van der Waals surface area contributed by atoms with Gasteiger partial charge in [-0.1, -0.05) is 0 Å². The number of nitrogens with one attached hydrogen (secondary N) is 2. The lowest BCUT2D eigenvalue weighted by molar-refractivity contribution is 0.420. The minimum Gasteiger partial charge on any atom is -0.382 e. The molecule has 0 bridgehead atoms. The monoisotopic (exact) mass is 244 g/mol. The quantitative estimate of drug-likeness (QED) is 0.851. The van der Waals surface area contributed by atoms with Crippen molar-refractivity contribution in [3.63, 3.8) is 0 Å². The first-order valence-corrected chi connectivity index (χ1v) is 6.27. The lowest BCUT2D eigenvalue weighted by Gasteiger charge is -2.38. The molecule has 1 aromatic carbocycles. The predicted octanol–water partition coefficient (Wildman–Crippen LogP) is 1.79. The maximum absolute atomic E-state index is 8.93. The van der Waals surface area contributed by atoms with Crippen molar-refractivity contribution in [1.82, 2.24) is 5.32 Å². The minimum absolute atomic E-state index is 0.0719. The molecule has 0 saturated carbocycles. The molecule has 0 saturated heterocycles. The Labute approximate surface area is 109 Å². The van der Waals surface area contributed by atoms with Gasteiger partial charge in [-0.2, -0.15) is 5.26 Å². The summed E-state index contributed by atoms with van der Waals surface area (Å²) in [5, 5.41) is 15.6. The van der Waals surface area contributed by atoms with E-state index >= 15 is 0 Å². The van der Waals surface area contributed by atoms with E-state index < -0.39 is 0 Å². The average Bonchev–Trinajstić information content (AvgIpc) is 2.38. The molecule has 1 aromatic rings. The van der Waals surface area contributed by atoms with Gasteiger partial charge < -0.3 is 15.5 Å². The number of nitriles is 1. The maximum Gasteiger partial charge on any atom is 0.0992 e. The summed E-state index contributed by atoms with van der Waals surface area (Å²) in [6.45, 7) is 7.24. The summed E-state index contributed by atoms with van der Waals surface area (Å²) in [6.07, 6.45) is 0. The van der Waals surface area contributed by atoms with Crippen molar-refractivity contribution < 1.29 is 0 Å². The summed E-state index contributed by atoms with van der Waals surface area (Å²) < 4.78 is 0. The predicted molar refractivity (Wildman–Crippen MR) is 75.0 cm³/mol. The molecule has 4 heteroatoms. The largest absolute Gasteiger partial charge is 0.382 e. The number of hydrogen-bond acceptors (Lipinski definition) is 4. The topological polar surface area (TPSA) is 51.1 Å². The summed E-state index contributed by atoms with van der Waals surface area (Å²) in [4.78, 5) is 2.36. The molecule has 96 valence electrons. The zero-order valence-corrected chi connectivity index (χ0v) is 11.2. The van der Waals surface area contributed by atoms with Crippen molar-refractivity contribution in [2.45, 2.75) is 19.4 Å². The average molecular weight is 244 g/mol. The second-order valence-corrected chi connectivity index (χ2v) is 5.33. The van der Waals surface area contributed by atoms with Crippen LogP contribution in [-0.4, -0.2) is 32.2 Å². The molecule has 0 atom stereocenters.